The molecule has 2 aliphatic rings. The molecular formula is C30H38N4O6. The highest BCUT2D eigenvalue weighted by Crippen LogP contribution is 2.35. The molecule has 1 saturated heterocycles. The van der Waals surface area contributed by atoms with Crippen molar-refractivity contribution in [2.45, 2.75) is 57.6 Å². The lowest BCUT2D eigenvalue weighted by Crippen LogP contribution is -2.39. The highest BCUT2D eigenvalue weighted by molar-refractivity contribution is 5.83. The molecule has 0 N–H and O–H groups in total. The molecule has 0 unspecified atom stereocenters. The molecule has 5 rings (SSSR count). The molecule has 40 heavy (non-hydrogen) atoms. The van der Waals surface area contributed by atoms with E-state index in [2.05, 4.69) is 5.10 Å². The van der Waals surface area contributed by atoms with E-state index in [-0.39, 0.29) is 17.5 Å². The molecule has 1 aromatic heterocycles. The van der Waals surface area contributed by atoms with Gasteiger partial charge in [-0.05, 0) is 62.3 Å². The lowest BCUT2D eigenvalue weighted by Gasteiger charge is -2.31. The zero-order chi connectivity index (χ0) is 27.9. The molecule has 1 amide bonds. The van der Waals surface area contributed by atoms with Crippen LogP contribution in [0.4, 0.5) is 10.5 Å². The Morgan fingerprint density at radius 3 is 2.50 bits per heavy atom. The van der Waals surface area contributed by atoms with Crippen molar-refractivity contribution in [3.05, 3.63) is 64.3 Å². The Bertz CT molecular complexity index is 1280. The molecule has 2 fully saturated rings. The molecule has 1 aliphatic carbocycles. The summed E-state index contributed by atoms with van der Waals surface area (Å²) in [5.74, 6) is 1.36. The Labute approximate surface area is 234 Å². The second kappa shape index (κ2) is 13.1. The summed E-state index contributed by atoms with van der Waals surface area (Å²) in [5.41, 5.74) is 1.67. The number of hydrogen-bond acceptors (Lipinski definition) is 7. The van der Waals surface area contributed by atoms with Gasteiger partial charge in [-0.25, -0.2) is 4.79 Å². The molecule has 1 saturated carbocycles. The zero-order valence-corrected chi connectivity index (χ0v) is 23.1. The number of nitrogens with zero attached hydrogens (tertiary/aromatic N) is 4. The maximum absolute atomic E-state index is 12.4. The van der Waals surface area contributed by atoms with Gasteiger partial charge in [0.2, 0.25) is 0 Å². The normalized spacial score (nSPS) is 20.0. The summed E-state index contributed by atoms with van der Waals surface area (Å²) in [7, 11) is 1.43. The average Bonchev–Trinajstić information content (AvgIpc) is 3.41. The quantitative estimate of drug-likeness (QED) is 0.169. The van der Waals surface area contributed by atoms with Crippen LogP contribution in [0.15, 0.2) is 48.7 Å². The maximum atomic E-state index is 12.4. The van der Waals surface area contributed by atoms with Crippen LogP contribution in [0.1, 0.15) is 56.6 Å². The predicted octanol–water partition coefficient (Wildman–Crippen LogP) is 6.14. The van der Waals surface area contributed by atoms with Crippen LogP contribution in [0.2, 0.25) is 0 Å². The van der Waals surface area contributed by atoms with Crippen LogP contribution in [-0.4, -0.2) is 59.1 Å². The molecule has 0 spiro atoms. The van der Waals surface area contributed by atoms with Crippen LogP contribution in [0.3, 0.4) is 0 Å². The minimum Gasteiger partial charge on any atom is -0.490 e. The van der Waals surface area contributed by atoms with Gasteiger partial charge in [-0.3, -0.25) is 14.8 Å². The smallest absolute Gasteiger partial charge is 0.410 e. The van der Waals surface area contributed by atoms with Crippen LogP contribution in [0.5, 0.6) is 5.75 Å². The SMILES string of the molecule is COc1cc2nn(C3CCC(COCCC4CCN(C(=O)OCc5ccccc5)CC4)CC3)cc2cc1[N+](=O)[O-]. The van der Waals surface area contributed by atoms with Crippen LogP contribution in [0, 0.1) is 22.0 Å². The summed E-state index contributed by atoms with van der Waals surface area (Å²) < 4.78 is 18.7. The molecule has 2 aromatic carbocycles. The number of likely N-dealkylation sites (tertiary alicyclic amines) is 1. The number of hydrogen-bond donors (Lipinski definition) is 0. The van der Waals surface area contributed by atoms with E-state index in [4.69, 9.17) is 14.2 Å². The summed E-state index contributed by atoms with van der Waals surface area (Å²) in [5, 5.41) is 16.8. The molecule has 10 nitrogen and oxygen atoms in total. The van der Waals surface area contributed by atoms with Gasteiger partial charge >= 0.3 is 11.8 Å². The van der Waals surface area contributed by atoms with Gasteiger partial charge in [0, 0.05) is 50.0 Å². The number of piperidine rings is 1. The number of rotatable bonds is 10. The number of nitro groups is 1. The average molecular weight is 551 g/mol. The van der Waals surface area contributed by atoms with E-state index < -0.39 is 4.92 Å². The molecular weight excluding hydrogens is 512 g/mol. The third-order valence-corrected chi connectivity index (χ3v) is 8.31. The summed E-state index contributed by atoms with van der Waals surface area (Å²) >= 11 is 0. The number of benzene rings is 2. The first kappa shape index (κ1) is 27.9. The maximum Gasteiger partial charge on any atom is 0.410 e. The number of methoxy groups -OCH3 is 1. The Balaban J connectivity index is 0.979. The molecule has 1 aliphatic heterocycles. The number of nitro benzene ring substituents is 1. The number of ether oxygens (including phenoxy) is 3. The van der Waals surface area contributed by atoms with Crippen molar-refractivity contribution in [3.8, 4) is 5.75 Å². The second-order valence-corrected chi connectivity index (χ2v) is 11.0. The molecule has 0 radical (unpaired) electrons. The van der Waals surface area contributed by atoms with Crippen LogP contribution in [-0.2, 0) is 16.1 Å². The first-order chi connectivity index (χ1) is 19.5. The monoisotopic (exact) mass is 550 g/mol. The van der Waals surface area contributed by atoms with Gasteiger partial charge in [-0.2, -0.15) is 5.10 Å². The van der Waals surface area contributed by atoms with Crippen molar-refractivity contribution in [2.24, 2.45) is 11.8 Å². The van der Waals surface area contributed by atoms with Crippen molar-refractivity contribution in [1.82, 2.24) is 14.7 Å². The third kappa shape index (κ3) is 6.91. The number of carbonyl (C=O) groups is 1. The summed E-state index contributed by atoms with van der Waals surface area (Å²) in [6, 6.07) is 13.2. The fourth-order valence-electron chi connectivity index (χ4n) is 5.84. The van der Waals surface area contributed by atoms with Gasteiger partial charge < -0.3 is 19.1 Å². The van der Waals surface area contributed by atoms with Crippen LogP contribution < -0.4 is 4.74 Å². The van der Waals surface area contributed by atoms with Gasteiger partial charge in [0.05, 0.1) is 23.6 Å². The van der Waals surface area contributed by atoms with E-state index in [0.717, 1.165) is 82.2 Å². The minimum atomic E-state index is -0.423. The standard InChI is InChI=1S/C30H38N4O6/c1-38-29-18-27-25(17-28(29)34(36)37)19-33(31-27)26-9-7-24(8-10-26)20-39-16-13-22-11-14-32(15-12-22)30(35)40-21-23-5-3-2-4-6-23/h2-6,17-19,22,24,26H,7-16,20-21H2,1H3. The van der Waals surface area contributed by atoms with E-state index >= 15 is 0 Å². The van der Waals surface area contributed by atoms with E-state index in [1.165, 1.54) is 7.11 Å². The second-order valence-electron chi connectivity index (χ2n) is 11.0. The van der Waals surface area contributed by atoms with Gasteiger partial charge in [0.15, 0.2) is 5.75 Å². The molecule has 3 aromatic rings. The Hall–Kier alpha value is -3.66. The first-order valence-corrected chi connectivity index (χ1v) is 14.2. The van der Waals surface area contributed by atoms with E-state index in [1.54, 1.807) is 12.1 Å². The number of amides is 1. The highest BCUT2D eigenvalue weighted by Gasteiger charge is 2.26. The summed E-state index contributed by atoms with van der Waals surface area (Å²) in [6.45, 7) is 3.33. The molecule has 2 heterocycles. The largest absolute Gasteiger partial charge is 0.490 e. The lowest BCUT2D eigenvalue weighted by atomic mass is 9.86. The summed E-state index contributed by atoms with van der Waals surface area (Å²) in [6.07, 6.45) is 8.87. The van der Waals surface area contributed by atoms with Crippen LogP contribution >= 0.6 is 0 Å². The fraction of sp³-hybridized carbons (Fsp3) is 0.533. The van der Waals surface area contributed by atoms with Crippen molar-refractivity contribution in [1.29, 1.82) is 0 Å². The predicted molar refractivity (Wildman–Crippen MR) is 150 cm³/mol. The first-order valence-electron chi connectivity index (χ1n) is 14.2. The topological polar surface area (TPSA) is 109 Å². The summed E-state index contributed by atoms with van der Waals surface area (Å²) in [4.78, 5) is 25.1. The minimum absolute atomic E-state index is 0.0395. The van der Waals surface area contributed by atoms with E-state index in [0.29, 0.717) is 30.0 Å². The Kier molecular flexibility index (Phi) is 9.15. The van der Waals surface area contributed by atoms with Gasteiger partial charge in [0.1, 0.15) is 6.61 Å². The fourth-order valence-corrected chi connectivity index (χ4v) is 5.84. The van der Waals surface area contributed by atoms with Crippen molar-refractivity contribution < 1.29 is 23.9 Å². The van der Waals surface area contributed by atoms with Crippen LogP contribution in [0.25, 0.3) is 10.9 Å². The van der Waals surface area contributed by atoms with Gasteiger partial charge in [-0.1, -0.05) is 30.3 Å². The molecule has 10 heteroatoms. The van der Waals surface area contributed by atoms with E-state index in [9.17, 15) is 14.9 Å². The Morgan fingerprint density at radius 1 is 1.05 bits per heavy atom. The third-order valence-electron chi connectivity index (χ3n) is 8.31. The number of aromatic nitrogens is 2. The highest BCUT2D eigenvalue weighted by atomic mass is 16.6. The molecule has 0 atom stereocenters. The van der Waals surface area contributed by atoms with Gasteiger partial charge in [0.25, 0.3) is 0 Å². The zero-order valence-electron chi connectivity index (χ0n) is 23.1. The number of carbonyl (C=O) groups excluding carboxylic acids is 1. The van der Waals surface area contributed by atoms with Crippen molar-refractivity contribution >= 4 is 22.7 Å². The lowest BCUT2D eigenvalue weighted by molar-refractivity contribution is -0.385. The molecule has 214 valence electrons. The Morgan fingerprint density at radius 2 is 1.80 bits per heavy atom. The van der Waals surface area contributed by atoms with E-state index in [1.807, 2.05) is 46.1 Å². The van der Waals surface area contributed by atoms with Crippen molar-refractivity contribution in [3.63, 3.8) is 0 Å². The molecule has 0 bridgehead atoms. The van der Waals surface area contributed by atoms with Gasteiger partial charge in [-0.15, -0.1) is 0 Å². The van der Waals surface area contributed by atoms with Crippen molar-refractivity contribution in [2.75, 3.05) is 33.4 Å². The number of fused-ring (bicyclic) bond motifs is 1.